The Morgan fingerprint density at radius 2 is 2.50 bits per heavy atom. The molecule has 1 aromatic heterocycles. The molecule has 1 aliphatic rings. The van der Waals surface area contributed by atoms with Crippen LogP contribution in [0.15, 0.2) is 6.07 Å². The van der Waals surface area contributed by atoms with Crippen LogP contribution in [0, 0.1) is 0 Å². The zero-order valence-electron chi connectivity index (χ0n) is 9.75. The summed E-state index contributed by atoms with van der Waals surface area (Å²) in [6.07, 6.45) is 5.84. The first-order valence-corrected chi connectivity index (χ1v) is 8.32. The van der Waals surface area contributed by atoms with Crippen LogP contribution >= 0.6 is 34.7 Å². The van der Waals surface area contributed by atoms with Crippen LogP contribution < -0.4 is 5.32 Å². The van der Waals surface area contributed by atoms with Crippen molar-refractivity contribution in [3.05, 3.63) is 20.8 Å². The molecule has 0 spiro atoms. The van der Waals surface area contributed by atoms with Gasteiger partial charge in [0.2, 0.25) is 0 Å². The van der Waals surface area contributed by atoms with E-state index in [1.54, 1.807) is 11.3 Å². The summed E-state index contributed by atoms with van der Waals surface area (Å²) in [5, 5.41) is 3.72. The second-order valence-electron chi connectivity index (χ2n) is 4.37. The molecule has 1 aromatic rings. The van der Waals surface area contributed by atoms with Gasteiger partial charge in [-0.15, -0.1) is 11.3 Å². The second kappa shape index (κ2) is 5.76. The number of halogens is 1. The number of hydrogen-bond donors (Lipinski definition) is 1. The number of rotatable bonds is 5. The Bertz CT molecular complexity index is 351. The van der Waals surface area contributed by atoms with Gasteiger partial charge in [0.15, 0.2) is 0 Å². The van der Waals surface area contributed by atoms with Crippen LogP contribution in [0.2, 0.25) is 4.34 Å². The zero-order chi connectivity index (χ0) is 11.5. The molecule has 0 fully saturated rings. The van der Waals surface area contributed by atoms with Gasteiger partial charge in [-0.05, 0) is 49.8 Å². The normalized spacial score (nSPS) is 21.1. The smallest absolute Gasteiger partial charge is 0.0934 e. The maximum Gasteiger partial charge on any atom is 0.0934 e. The van der Waals surface area contributed by atoms with E-state index < -0.39 is 0 Å². The third-order valence-corrected chi connectivity index (χ3v) is 5.07. The summed E-state index contributed by atoms with van der Waals surface area (Å²) >= 11 is 9.72. The van der Waals surface area contributed by atoms with Gasteiger partial charge in [-0.3, -0.25) is 0 Å². The van der Waals surface area contributed by atoms with Crippen LogP contribution in [-0.4, -0.2) is 18.1 Å². The van der Waals surface area contributed by atoms with Gasteiger partial charge in [0, 0.05) is 17.0 Å². The molecule has 0 aliphatic heterocycles. The molecule has 1 heterocycles. The lowest BCUT2D eigenvalue weighted by Gasteiger charge is -2.19. The van der Waals surface area contributed by atoms with Crippen LogP contribution in [0.3, 0.4) is 0 Å². The fraction of sp³-hybridized carbons (Fsp3) is 0.667. The highest BCUT2D eigenvalue weighted by atomic mass is 35.5. The predicted molar refractivity (Wildman–Crippen MR) is 76.0 cm³/mol. The van der Waals surface area contributed by atoms with Crippen LogP contribution in [0.5, 0.6) is 0 Å². The van der Waals surface area contributed by atoms with E-state index in [0.29, 0.717) is 12.1 Å². The molecule has 0 saturated heterocycles. The van der Waals surface area contributed by atoms with Crippen molar-refractivity contribution < 1.29 is 0 Å². The summed E-state index contributed by atoms with van der Waals surface area (Å²) in [5.41, 5.74) is 1.45. The first-order valence-electron chi connectivity index (χ1n) is 5.73. The van der Waals surface area contributed by atoms with Crippen molar-refractivity contribution in [3.8, 4) is 0 Å². The third kappa shape index (κ3) is 2.95. The summed E-state index contributed by atoms with van der Waals surface area (Å²) in [6.45, 7) is 2.28. The Balaban J connectivity index is 1.92. The van der Waals surface area contributed by atoms with E-state index in [1.807, 2.05) is 11.8 Å². The van der Waals surface area contributed by atoms with Crippen LogP contribution in [-0.2, 0) is 6.42 Å². The average molecular weight is 276 g/mol. The molecular weight excluding hydrogens is 258 g/mol. The van der Waals surface area contributed by atoms with Crippen molar-refractivity contribution in [3.63, 3.8) is 0 Å². The van der Waals surface area contributed by atoms with Crippen molar-refractivity contribution in [2.24, 2.45) is 0 Å². The van der Waals surface area contributed by atoms with E-state index in [0.717, 1.165) is 4.34 Å². The van der Waals surface area contributed by atoms with Crippen molar-refractivity contribution in [1.29, 1.82) is 0 Å². The Hall–Kier alpha value is 0.300. The monoisotopic (exact) mass is 275 g/mol. The molecular formula is C12H18ClNS2. The Morgan fingerprint density at radius 1 is 1.69 bits per heavy atom. The highest BCUT2D eigenvalue weighted by Gasteiger charge is 2.25. The van der Waals surface area contributed by atoms with Crippen molar-refractivity contribution in [1.82, 2.24) is 5.32 Å². The highest BCUT2D eigenvalue weighted by Crippen LogP contribution is 2.39. The quantitative estimate of drug-likeness (QED) is 0.868. The van der Waals surface area contributed by atoms with Crippen molar-refractivity contribution in [2.75, 3.05) is 12.0 Å². The molecule has 1 nitrogen and oxygen atoms in total. The lowest BCUT2D eigenvalue weighted by molar-refractivity contribution is 0.447. The van der Waals surface area contributed by atoms with Gasteiger partial charge in [-0.2, -0.15) is 11.8 Å². The fourth-order valence-electron chi connectivity index (χ4n) is 2.22. The topological polar surface area (TPSA) is 12.0 Å². The molecule has 90 valence electrons. The Morgan fingerprint density at radius 3 is 3.25 bits per heavy atom. The lowest BCUT2D eigenvalue weighted by Crippen LogP contribution is -2.29. The van der Waals surface area contributed by atoms with Gasteiger partial charge in [-0.1, -0.05) is 11.6 Å². The van der Waals surface area contributed by atoms with Gasteiger partial charge in [-0.25, -0.2) is 0 Å². The summed E-state index contributed by atoms with van der Waals surface area (Å²) < 4.78 is 0.938. The van der Waals surface area contributed by atoms with Gasteiger partial charge >= 0.3 is 0 Å². The summed E-state index contributed by atoms with van der Waals surface area (Å²) in [5.74, 6) is 1.23. The van der Waals surface area contributed by atoms with E-state index in [9.17, 15) is 0 Å². The molecule has 16 heavy (non-hydrogen) atoms. The zero-order valence-corrected chi connectivity index (χ0v) is 12.1. The molecule has 0 saturated carbocycles. The van der Waals surface area contributed by atoms with Gasteiger partial charge < -0.3 is 5.32 Å². The third-order valence-electron chi connectivity index (χ3n) is 3.09. The summed E-state index contributed by atoms with van der Waals surface area (Å²) in [4.78, 5) is 1.49. The molecule has 0 radical (unpaired) electrons. The molecule has 2 rings (SSSR count). The molecule has 4 heteroatoms. The van der Waals surface area contributed by atoms with E-state index in [2.05, 4.69) is 24.6 Å². The Kier molecular flexibility index (Phi) is 4.59. The fourth-order valence-corrected chi connectivity index (χ4v) is 4.17. The maximum atomic E-state index is 6.05. The van der Waals surface area contributed by atoms with Gasteiger partial charge in [0.25, 0.3) is 0 Å². The van der Waals surface area contributed by atoms with E-state index in [1.165, 1.54) is 35.5 Å². The minimum Gasteiger partial charge on any atom is -0.307 e. The number of thiophene rings is 1. The SMILES string of the molecule is CSCCC(C)NC1CCc2sc(Cl)cc21. The second-order valence-corrected chi connectivity index (χ2v) is 7.12. The molecule has 0 aromatic carbocycles. The lowest BCUT2D eigenvalue weighted by atomic mass is 10.1. The van der Waals surface area contributed by atoms with Crippen LogP contribution in [0.25, 0.3) is 0 Å². The Labute approximate surface area is 111 Å². The average Bonchev–Trinajstić information content (AvgIpc) is 2.76. The number of thioether (sulfide) groups is 1. The van der Waals surface area contributed by atoms with Crippen LogP contribution in [0.1, 0.15) is 36.2 Å². The van der Waals surface area contributed by atoms with Crippen LogP contribution in [0.4, 0.5) is 0 Å². The molecule has 1 N–H and O–H groups in total. The number of nitrogens with one attached hydrogen (secondary N) is 1. The maximum absolute atomic E-state index is 6.05. The van der Waals surface area contributed by atoms with E-state index in [-0.39, 0.29) is 0 Å². The molecule has 2 unspecified atom stereocenters. The summed E-state index contributed by atoms with van der Waals surface area (Å²) in [6, 6.07) is 3.28. The summed E-state index contributed by atoms with van der Waals surface area (Å²) in [7, 11) is 0. The molecule has 2 atom stereocenters. The predicted octanol–water partition coefficient (Wildman–Crippen LogP) is 4.12. The van der Waals surface area contributed by atoms with E-state index in [4.69, 9.17) is 11.6 Å². The van der Waals surface area contributed by atoms with E-state index >= 15 is 0 Å². The largest absolute Gasteiger partial charge is 0.307 e. The minimum atomic E-state index is 0.538. The van der Waals surface area contributed by atoms with Crippen molar-refractivity contribution in [2.45, 2.75) is 38.3 Å². The number of hydrogen-bond acceptors (Lipinski definition) is 3. The standard InChI is InChI=1S/C12H18ClNS2/c1-8(5-6-15-2)14-10-3-4-11-9(10)7-12(13)16-11/h7-8,10,14H,3-6H2,1-2H3. The molecule has 1 aliphatic carbocycles. The first kappa shape index (κ1) is 12.7. The number of fused-ring (bicyclic) bond motifs is 1. The van der Waals surface area contributed by atoms with Gasteiger partial charge in [0.1, 0.15) is 0 Å². The minimum absolute atomic E-state index is 0.538. The van der Waals surface area contributed by atoms with Crippen molar-refractivity contribution >= 4 is 34.7 Å². The number of aryl methyl sites for hydroxylation is 1. The van der Waals surface area contributed by atoms with Gasteiger partial charge in [0.05, 0.1) is 4.34 Å². The molecule has 0 amide bonds. The highest BCUT2D eigenvalue weighted by molar-refractivity contribution is 7.98. The first-order chi connectivity index (χ1) is 7.70. The molecule has 0 bridgehead atoms.